The molecule has 0 N–H and O–H groups in total. The van der Waals surface area contributed by atoms with Crippen LogP contribution in [-0.4, -0.2) is 4.98 Å². The van der Waals surface area contributed by atoms with Crippen molar-refractivity contribution in [3.8, 4) is 44.8 Å². The van der Waals surface area contributed by atoms with Gasteiger partial charge in [0, 0.05) is 41.1 Å². The van der Waals surface area contributed by atoms with Crippen molar-refractivity contribution in [2.45, 2.75) is 15.2 Å². The molecule has 0 amide bonds. The van der Waals surface area contributed by atoms with Gasteiger partial charge in [0.05, 0.1) is 16.8 Å². The summed E-state index contributed by atoms with van der Waals surface area (Å²) in [4.78, 5) is 8.04. The van der Waals surface area contributed by atoms with Gasteiger partial charge < -0.3 is 0 Å². The Morgan fingerprint density at radius 2 is 1.00 bits per heavy atom. The predicted octanol–water partition coefficient (Wildman–Crippen LogP) is 13.3. The van der Waals surface area contributed by atoms with E-state index in [4.69, 9.17) is 4.98 Å². The van der Waals surface area contributed by atoms with Crippen molar-refractivity contribution in [1.29, 1.82) is 0 Å². The number of nitrogens with zero attached hydrogens (tertiary/aromatic N) is 1. The lowest BCUT2D eigenvalue weighted by molar-refractivity contribution is 0.724. The van der Waals surface area contributed by atoms with E-state index in [1.807, 2.05) is 23.1 Å². The molecule has 1 spiro atoms. The predicted molar refractivity (Wildman–Crippen MR) is 215 cm³/mol. The molecule has 3 heteroatoms. The summed E-state index contributed by atoms with van der Waals surface area (Å²) in [5, 5.41) is 2.56. The van der Waals surface area contributed by atoms with Crippen LogP contribution in [-0.2, 0) is 5.41 Å². The first-order valence-electron chi connectivity index (χ1n) is 17.4. The lowest BCUT2D eigenvalue weighted by atomic mass is 9.67. The van der Waals surface area contributed by atoms with Gasteiger partial charge in [-0.2, -0.15) is 0 Å². The SMILES string of the molecule is c1ccc(-c2cc(-c3ccccc3)nc(-c3cccc4sc5cc6c(cc5c34)C3(c4ccccc4S6)c4ccccc4-c4ccccc43)c2)cc1. The highest BCUT2D eigenvalue weighted by atomic mass is 32.2. The minimum Gasteiger partial charge on any atom is -0.248 e. The molecule has 0 saturated carbocycles. The molecular weight excluding hydrogens is 655 g/mol. The van der Waals surface area contributed by atoms with Gasteiger partial charge >= 0.3 is 0 Å². The van der Waals surface area contributed by atoms with Gasteiger partial charge in [-0.1, -0.05) is 151 Å². The van der Waals surface area contributed by atoms with E-state index in [0.29, 0.717) is 0 Å². The molecule has 0 unspecified atom stereocenters. The van der Waals surface area contributed by atoms with Crippen LogP contribution in [0.3, 0.4) is 0 Å². The molecule has 0 bridgehead atoms. The van der Waals surface area contributed by atoms with E-state index in [-0.39, 0.29) is 0 Å². The molecule has 51 heavy (non-hydrogen) atoms. The minimum atomic E-state index is -0.409. The molecule has 0 saturated heterocycles. The van der Waals surface area contributed by atoms with Crippen LogP contribution in [0, 0.1) is 0 Å². The van der Waals surface area contributed by atoms with Crippen LogP contribution in [0.15, 0.2) is 186 Å². The van der Waals surface area contributed by atoms with Crippen LogP contribution >= 0.6 is 23.1 Å². The van der Waals surface area contributed by atoms with Crippen LogP contribution < -0.4 is 0 Å². The van der Waals surface area contributed by atoms with Gasteiger partial charge in [0.2, 0.25) is 0 Å². The highest BCUT2D eigenvalue weighted by Gasteiger charge is 2.50. The summed E-state index contributed by atoms with van der Waals surface area (Å²) < 4.78 is 2.59. The van der Waals surface area contributed by atoms with E-state index in [1.165, 1.54) is 80.0 Å². The van der Waals surface area contributed by atoms with E-state index in [2.05, 4.69) is 176 Å². The summed E-state index contributed by atoms with van der Waals surface area (Å²) in [6.07, 6.45) is 0. The average molecular weight is 684 g/mol. The van der Waals surface area contributed by atoms with Crippen molar-refractivity contribution in [1.82, 2.24) is 4.98 Å². The Kier molecular flexibility index (Phi) is 6.34. The van der Waals surface area contributed by atoms with Gasteiger partial charge in [-0.25, -0.2) is 4.98 Å². The summed E-state index contributed by atoms with van der Waals surface area (Å²) in [5.74, 6) is 0. The molecule has 1 aliphatic heterocycles. The number of benzene rings is 7. The average Bonchev–Trinajstić information content (AvgIpc) is 3.71. The molecule has 1 nitrogen and oxygen atoms in total. The maximum absolute atomic E-state index is 5.38. The Labute approximate surface area is 304 Å². The van der Waals surface area contributed by atoms with Crippen LogP contribution in [0.2, 0.25) is 0 Å². The first-order valence-corrected chi connectivity index (χ1v) is 19.0. The van der Waals surface area contributed by atoms with Crippen molar-refractivity contribution in [2.75, 3.05) is 0 Å². The lowest BCUT2D eigenvalue weighted by Gasteiger charge is -2.39. The third-order valence-corrected chi connectivity index (χ3v) is 13.0. The van der Waals surface area contributed by atoms with Crippen molar-refractivity contribution in [3.63, 3.8) is 0 Å². The number of aromatic nitrogens is 1. The van der Waals surface area contributed by atoms with Gasteiger partial charge in [-0.05, 0) is 80.9 Å². The summed E-state index contributed by atoms with van der Waals surface area (Å²) in [6, 6.07) is 64.6. The Morgan fingerprint density at radius 3 is 1.75 bits per heavy atom. The number of pyridine rings is 1. The lowest BCUT2D eigenvalue weighted by Crippen LogP contribution is -2.31. The highest BCUT2D eigenvalue weighted by molar-refractivity contribution is 7.99. The van der Waals surface area contributed by atoms with Gasteiger partial charge in [-0.3, -0.25) is 0 Å². The van der Waals surface area contributed by atoms with Crippen molar-refractivity contribution < 1.29 is 0 Å². The fraction of sp³-hybridized carbons (Fsp3) is 0.0208. The second-order valence-corrected chi connectivity index (χ2v) is 15.6. The van der Waals surface area contributed by atoms with Crippen LogP contribution in [0.4, 0.5) is 0 Å². The molecule has 0 fully saturated rings. The minimum absolute atomic E-state index is 0.409. The summed E-state index contributed by atoms with van der Waals surface area (Å²) in [7, 11) is 0. The number of rotatable bonds is 3. The summed E-state index contributed by atoms with van der Waals surface area (Å²) in [5.41, 5.74) is 14.3. The molecule has 2 aliphatic rings. The molecule has 3 heterocycles. The van der Waals surface area contributed by atoms with Crippen LogP contribution in [0.5, 0.6) is 0 Å². The zero-order valence-electron chi connectivity index (χ0n) is 27.5. The second kappa shape index (κ2) is 11.1. The van der Waals surface area contributed by atoms with Gasteiger partial charge in [0.15, 0.2) is 0 Å². The third-order valence-electron chi connectivity index (χ3n) is 10.7. The summed E-state index contributed by atoms with van der Waals surface area (Å²) in [6.45, 7) is 0. The van der Waals surface area contributed by atoms with Crippen molar-refractivity contribution in [3.05, 3.63) is 198 Å². The Bertz CT molecular complexity index is 2730. The van der Waals surface area contributed by atoms with Gasteiger partial charge in [0.1, 0.15) is 0 Å². The van der Waals surface area contributed by atoms with E-state index < -0.39 is 5.41 Å². The quantitative estimate of drug-likeness (QED) is 0.184. The zero-order chi connectivity index (χ0) is 33.5. The first kappa shape index (κ1) is 29.0. The number of fused-ring (bicyclic) bond motifs is 12. The maximum Gasteiger partial charge on any atom is 0.0735 e. The van der Waals surface area contributed by atoms with Crippen molar-refractivity contribution >= 4 is 43.3 Å². The van der Waals surface area contributed by atoms with Gasteiger partial charge in [0.25, 0.3) is 0 Å². The van der Waals surface area contributed by atoms with Crippen LogP contribution in [0.1, 0.15) is 22.3 Å². The fourth-order valence-electron chi connectivity index (χ4n) is 8.61. The highest BCUT2D eigenvalue weighted by Crippen LogP contribution is 2.63. The summed E-state index contributed by atoms with van der Waals surface area (Å²) >= 11 is 3.80. The Balaban J connectivity index is 1.22. The Morgan fingerprint density at radius 1 is 0.392 bits per heavy atom. The van der Waals surface area contributed by atoms with Crippen LogP contribution in [0.25, 0.3) is 64.9 Å². The smallest absolute Gasteiger partial charge is 0.0735 e. The van der Waals surface area contributed by atoms with Crippen molar-refractivity contribution in [2.24, 2.45) is 0 Å². The molecule has 2 aromatic heterocycles. The normalized spacial score (nSPS) is 13.6. The monoisotopic (exact) mass is 683 g/mol. The molecule has 7 aromatic carbocycles. The molecule has 1 aliphatic carbocycles. The largest absolute Gasteiger partial charge is 0.248 e. The molecule has 11 rings (SSSR count). The van der Waals surface area contributed by atoms with E-state index >= 15 is 0 Å². The topological polar surface area (TPSA) is 12.9 Å². The maximum atomic E-state index is 5.38. The van der Waals surface area contributed by atoms with E-state index in [1.54, 1.807) is 0 Å². The zero-order valence-corrected chi connectivity index (χ0v) is 29.1. The Hall–Kier alpha value is -5.74. The third kappa shape index (κ3) is 4.20. The fourth-order valence-corrected chi connectivity index (χ4v) is 11.1. The van der Waals surface area contributed by atoms with E-state index in [9.17, 15) is 0 Å². The molecule has 0 radical (unpaired) electrons. The number of hydrogen-bond donors (Lipinski definition) is 0. The second-order valence-electron chi connectivity index (χ2n) is 13.4. The molecule has 0 atom stereocenters. The van der Waals surface area contributed by atoms with E-state index in [0.717, 1.165) is 17.0 Å². The number of thiophene rings is 1. The first-order chi connectivity index (χ1) is 25.3. The number of hydrogen-bond acceptors (Lipinski definition) is 3. The standard InChI is InChI=1S/C48H29NS2/c1-3-14-30(15-4-1)32-26-41(31-16-5-2-6-17-31)49-42(27-32)35-20-13-25-44-47(35)36-28-40-46(29-45(36)51-44)50-43-24-12-11-23-39(43)48(40)37-21-9-7-18-33(37)34-19-8-10-22-38(34)48/h1-29H. The van der Waals surface area contributed by atoms with Gasteiger partial charge in [-0.15, -0.1) is 11.3 Å². The molecule has 9 aromatic rings. The molecular formula is C48H29NS2. The molecule has 238 valence electrons.